The van der Waals surface area contributed by atoms with E-state index in [1.54, 1.807) is 0 Å². The van der Waals surface area contributed by atoms with Crippen molar-refractivity contribution in [1.82, 2.24) is 10.2 Å². The van der Waals surface area contributed by atoms with Gasteiger partial charge < -0.3 is 5.32 Å². The quantitative estimate of drug-likeness (QED) is 0.886. The highest BCUT2D eigenvalue weighted by Gasteiger charge is 2.23. The maximum Gasteiger partial charge on any atom is 0.0413 e. The number of hydrogen-bond acceptors (Lipinski definition) is 3. The zero-order valence-electron chi connectivity index (χ0n) is 11.2. The monoisotopic (exact) mass is 252 g/mol. The van der Waals surface area contributed by atoms with Crippen LogP contribution in [-0.4, -0.2) is 31.6 Å². The molecule has 1 aliphatic heterocycles. The zero-order valence-corrected chi connectivity index (χ0v) is 12.0. The van der Waals surface area contributed by atoms with Crippen molar-refractivity contribution in [3.63, 3.8) is 0 Å². The molecular formula is C14H24N2S. The van der Waals surface area contributed by atoms with Crippen LogP contribution in [0.1, 0.15) is 35.6 Å². The minimum atomic E-state index is 0.601. The van der Waals surface area contributed by atoms with E-state index in [0.29, 0.717) is 6.04 Å². The number of hydrogen-bond donors (Lipinski definition) is 1. The second-order valence-corrected chi connectivity index (χ2v) is 6.48. The number of nitrogens with zero attached hydrogens (tertiary/aromatic N) is 1. The third-order valence-electron chi connectivity index (χ3n) is 3.86. The molecule has 0 bridgehead atoms. The van der Waals surface area contributed by atoms with Crippen molar-refractivity contribution in [2.45, 2.75) is 32.7 Å². The summed E-state index contributed by atoms with van der Waals surface area (Å²) in [6, 6.07) is 5.14. The minimum Gasteiger partial charge on any atom is -0.319 e. The number of nitrogens with one attached hydrogen (secondary N) is 1. The molecule has 0 aliphatic carbocycles. The van der Waals surface area contributed by atoms with Crippen molar-refractivity contribution < 1.29 is 0 Å². The van der Waals surface area contributed by atoms with Gasteiger partial charge in [-0.05, 0) is 71.4 Å². The van der Waals surface area contributed by atoms with Crippen LogP contribution >= 0.6 is 11.3 Å². The van der Waals surface area contributed by atoms with Crippen LogP contribution < -0.4 is 5.32 Å². The Bertz CT molecular complexity index is 340. The molecule has 17 heavy (non-hydrogen) atoms. The molecule has 1 unspecified atom stereocenters. The Hall–Kier alpha value is -0.380. The Morgan fingerprint density at radius 1 is 1.41 bits per heavy atom. The first kappa shape index (κ1) is 13.1. The van der Waals surface area contributed by atoms with Crippen LogP contribution in [0, 0.1) is 12.8 Å². The molecular weight excluding hydrogens is 228 g/mol. The third-order valence-corrected chi connectivity index (χ3v) is 5.03. The fourth-order valence-corrected chi connectivity index (χ4v) is 3.65. The lowest BCUT2D eigenvalue weighted by Crippen LogP contribution is -2.37. The van der Waals surface area contributed by atoms with E-state index in [2.05, 4.69) is 43.2 Å². The fraction of sp³-hybridized carbons (Fsp3) is 0.714. The summed E-state index contributed by atoms with van der Waals surface area (Å²) in [6.45, 7) is 8.24. The molecule has 1 aliphatic rings. The molecule has 1 saturated heterocycles. The highest BCUT2D eigenvalue weighted by atomic mass is 32.1. The van der Waals surface area contributed by atoms with Gasteiger partial charge in [-0.1, -0.05) is 0 Å². The SMILES string of the molecule is CNCC1CCN(C(C)c2ccc(C)s2)CC1. The summed E-state index contributed by atoms with van der Waals surface area (Å²) in [7, 11) is 2.06. The molecule has 0 aromatic carbocycles. The molecule has 0 saturated carbocycles. The van der Waals surface area contributed by atoms with Gasteiger partial charge in [-0.2, -0.15) is 0 Å². The van der Waals surface area contributed by atoms with E-state index < -0.39 is 0 Å². The van der Waals surface area contributed by atoms with Gasteiger partial charge in [0, 0.05) is 15.8 Å². The average molecular weight is 252 g/mol. The molecule has 0 amide bonds. The molecule has 2 heterocycles. The predicted octanol–water partition coefficient (Wildman–Crippen LogP) is 3.05. The van der Waals surface area contributed by atoms with Crippen molar-refractivity contribution in [2.75, 3.05) is 26.7 Å². The molecule has 3 heteroatoms. The standard InChI is InChI=1S/C14H24N2S/c1-11-4-5-14(17-11)12(2)16-8-6-13(7-9-16)10-15-3/h4-5,12-13,15H,6-10H2,1-3H3. The number of rotatable bonds is 4. The minimum absolute atomic E-state index is 0.601. The first-order valence-corrected chi connectivity index (χ1v) is 7.47. The Morgan fingerprint density at radius 2 is 2.12 bits per heavy atom. The highest BCUT2D eigenvalue weighted by molar-refractivity contribution is 7.12. The molecule has 1 fully saturated rings. The van der Waals surface area contributed by atoms with Crippen LogP contribution in [0.2, 0.25) is 0 Å². The first-order valence-electron chi connectivity index (χ1n) is 6.65. The maximum absolute atomic E-state index is 3.30. The molecule has 1 aromatic rings. The maximum atomic E-state index is 3.30. The molecule has 0 spiro atoms. The van der Waals surface area contributed by atoms with E-state index in [-0.39, 0.29) is 0 Å². The summed E-state index contributed by atoms with van der Waals surface area (Å²) in [4.78, 5) is 5.59. The molecule has 2 rings (SSSR count). The van der Waals surface area contributed by atoms with Crippen molar-refractivity contribution in [3.8, 4) is 0 Å². The van der Waals surface area contributed by atoms with Gasteiger partial charge in [-0.25, -0.2) is 0 Å². The van der Waals surface area contributed by atoms with E-state index in [0.717, 1.165) is 5.92 Å². The zero-order chi connectivity index (χ0) is 12.3. The van der Waals surface area contributed by atoms with Crippen molar-refractivity contribution in [2.24, 2.45) is 5.92 Å². The lowest BCUT2D eigenvalue weighted by atomic mass is 9.96. The molecule has 96 valence electrons. The smallest absolute Gasteiger partial charge is 0.0413 e. The Morgan fingerprint density at radius 3 is 2.65 bits per heavy atom. The summed E-state index contributed by atoms with van der Waals surface area (Å²) in [6.07, 6.45) is 2.69. The summed E-state index contributed by atoms with van der Waals surface area (Å²) in [5.74, 6) is 0.883. The Kier molecular flexibility index (Phi) is 4.60. The second kappa shape index (κ2) is 5.98. The summed E-state index contributed by atoms with van der Waals surface area (Å²) in [5.41, 5.74) is 0. The topological polar surface area (TPSA) is 15.3 Å². The predicted molar refractivity (Wildman–Crippen MR) is 75.7 cm³/mol. The van der Waals surface area contributed by atoms with Crippen LogP contribution in [0.15, 0.2) is 12.1 Å². The van der Waals surface area contributed by atoms with Crippen LogP contribution in [0.25, 0.3) is 0 Å². The van der Waals surface area contributed by atoms with Crippen LogP contribution in [0.5, 0.6) is 0 Å². The second-order valence-electron chi connectivity index (χ2n) is 5.16. The molecule has 1 N–H and O–H groups in total. The van der Waals surface area contributed by atoms with Gasteiger partial charge in [0.2, 0.25) is 0 Å². The van der Waals surface area contributed by atoms with Gasteiger partial charge in [-0.15, -0.1) is 11.3 Å². The van der Waals surface area contributed by atoms with Gasteiger partial charge in [0.25, 0.3) is 0 Å². The van der Waals surface area contributed by atoms with Crippen LogP contribution in [0.3, 0.4) is 0 Å². The number of piperidine rings is 1. The normalized spacial score (nSPS) is 20.6. The van der Waals surface area contributed by atoms with Crippen molar-refractivity contribution in [1.29, 1.82) is 0 Å². The Labute approximate surface area is 109 Å². The van der Waals surface area contributed by atoms with Gasteiger partial charge in [0.15, 0.2) is 0 Å². The Balaban J connectivity index is 1.88. The van der Waals surface area contributed by atoms with Crippen molar-refractivity contribution >= 4 is 11.3 Å². The number of thiophene rings is 1. The highest BCUT2D eigenvalue weighted by Crippen LogP contribution is 2.30. The van der Waals surface area contributed by atoms with E-state index in [4.69, 9.17) is 0 Å². The molecule has 0 radical (unpaired) electrons. The van der Waals surface area contributed by atoms with Gasteiger partial charge in [0.1, 0.15) is 0 Å². The molecule has 2 nitrogen and oxygen atoms in total. The van der Waals surface area contributed by atoms with Gasteiger partial charge in [-0.3, -0.25) is 4.90 Å². The summed E-state index contributed by atoms with van der Waals surface area (Å²) in [5, 5.41) is 3.30. The first-order chi connectivity index (χ1) is 8.20. The fourth-order valence-electron chi connectivity index (χ4n) is 2.69. The van der Waals surface area contributed by atoms with E-state index in [1.165, 1.54) is 42.2 Å². The summed E-state index contributed by atoms with van der Waals surface area (Å²) < 4.78 is 0. The van der Waals surface area contributed by atoms with Gasteiger partial charge >= 0.3 is 0 Å². The summed E-state index contributed by atoms with van der Waals surface area (Å²) >= 11 is 1.95. The van der Waals surface area contributed by atoms with Gasteiger partial charge in [0.05, 0.1) is 0 Å². The van der Waals surface area contributed by atoms with Crippen molar-refractivity contribution in [3.05, 3.63) is 21.9 Å². The van der Waals surface area contributed by atoms with E-state index in [9.17, 15) is 0 Å². The van der Waals surface area contributed by atoms with E-state index >= 15 is 0 Å². The lowest BCUT2D eigenvalue weighted by Gasteiger charge is -2.35. The van der Waals surface area contributed by atoms with E-state index in [1.807, 2.05) is 11.3 Å². The van der Waals surface area contributed by atoms with Crippen LogP contribution in [-0.2, 0) is 0 Å². The lowest BCUT2D eigenvalue weighted by molar-refractivity contribution is 0.143. The number of likely N-dealkylation sites (tertiary alicyclic amines) is 1. The third kappa shape index (κ3) is 3.30. The molecule has 1 aromatic heterocycles. The van der Waals surface area contributed by atoms with Crippen LogP contribution in [0.4, 0.5) is 0 Å². The number of aryl methyl sites for hydroxylation is 1. The average Bonchev–Trinajstić information content (AvgIpc) is 2.76. The largest absolute Gasteiger partial charge is 0.319 e. The molecule has 1 atom stereocenters.